The molecule has 2 heterocycles. The number of carbonyl (C=O) groups excluding carboxylic acids is 2. The molecule has 2 unspecified atom stereocenters. The number of rotatable bonds is 7. The largest absolute Gasteiger partial charge is 0.283 e. The molecule has 2 amide bonds. The van der Waals surface area contributed by atoms with E-state index >= 15 is 0 Å². The van der Waals surface area contributed by atoms with E-state index in [4.69, 9.17) is 11.6 Å². The molecule has 182 valence electrons. The quantitative estimate of drug-likeness (QED) is 0.108. The van der Waals surface area contributed by atoms with Crippen LogP contribution in [0.2, 0.25) is 0 Å². The van der Waals surface area contributed by atoms with Gasteiger partial charge < -0.3 is 0 Å². The molecule has 0 aliphatic carbocycles. The molecule has 0 bridgehead atoms. The molecule has 10 heteroatoms. The fraction of sp³-hybridized carbons (Fsp3) is 0.154. The Balaban J connectivity index is 1.37. The first-order valence-corrected chi connectivity index (χ1v) is 13.6. The number of hydrogen-bond acceptors (Lipinski definition) is 5. The lowest BCUT2D eigenvalue weighted by Gasteiger charge is -2.43. The van der Waals surface area contributed by atoms with Gasteiger partial charge in [-0.25, -0.2) is 9.99 Å². The van der Waals surface area contributed by atoms with Gasteiger partial charge in [-0.3, -0.25) is 24.4 Å². The summed E-state index contributed by atoms with van der Waals surface area (Å²) in [7, 11) is 0. The van der Waals surface area contributed by atoms with Crippen molar-refractivity contribution in [2.75, 3.05) is 5.75 Å². The number of nitrogens with one attached hydrogen (secondary N) is 1. The normalized spacial score (nSPS) is 17.2. The van der Waals surface area contributed by atoms with Crippen molar-refractivity contribution in [3.8, 4) is 0 Å². The SMILES string of the molecule is O=C(CSc1nc2ccc(I)cc2c(=O)n1Cc1ccccc1)NN1C(=O)C(Cl)C1c1ccccc1. The highest BCUT2D eigenvalue weighted by Gasteiger charge is 2.48. The van der Waals surface area contributed by atoms with Gasteiger partial charge in [-0.05, 0) is 51.9 Å². The zero-order valence-corrected chi connectivity index (χ0v) is 22.5. The molecule has 7 nitrogen and oxygen atoms in total. The Bertz CT molecular complexity index is 1500. The van der Waals surface area contributed by atoms with Gasteiger partial charge in [-0.1, -0.05) is 72.4 Å². The van der Waals surface area contributed by atoms with Crippen molar-refractivity contribution in [2.45, 2.75) is 23.1 Å². The van der Waals surface area contributed by atoms with Gasteiger partial charge in [0, 0.05) is 3.57 Å². The van der Waals surface area contributed by atoms with Crippen LogP contribution in [0.15, 0.2) is 88.8 Å². The third kappa shape index (κ3) is 5.00. The van der Waals surface area contributed by atoms with Crippen LogP contribution in [-0.4, -0.2) is 37.5 Å². The Labute approximate surface area is 230 Å². The molecular formula is C26H20ClIN4O3S. The average Bonchev–Trinajstić information content (AvgIpc) is 2.90. The maximum atomic E-state index is 13.4. The van der Waals surface area contributed by atoms with Crippen LogP contribution in [0.5, 0.6) is 0 Å². The van der Waals surface area contributed by atoms with Crippen LogP contribution < -0.4 is 11.0 Å². The number of halogens is 2. The molecule has 1 N–H and O–H groups in total. The Kier molecular flexibility index (Phi) is 7.31. The minimum absolute atomic E-state index is 0.0324. The minimum atomic E-state index is -0.735. The van der Waals surface area contributed by atoms with Crippen LogP contribution >= 0.6 is 46.0 Å². The average molecular weight is 631 g/mol. The number of nitrogens with zero attached hydrogens (tertiary/aromatic N) is 3. The van der Waals surface area contributed by atoms with Crippen LogP contribution in [-0.2, 0) is 16.1 Å². The van der Waals surface area contributed by atoms with Crippen molar-refractivity contribution in [3.63, 3.8) is 0 Å². The summed E-state index contributed by atoms with van der Waals surface area (Å²) in [6.45, 7) is 0.326. The summed E-state index contributed by atoms with van der Waals surface area (Å²) in [5.41, 5.74) is 4.85. The number of alkyl halides is 1. The van der Waals surface area contributed by atoms with Gasteiger partial charge in [-0.15, -0.1) is 11.6 Å². The summed E-state index contributed by atoms with van der Waals surface area (Å²) in [5, 5.41) is 1.48. The van der Waals surface area contributed by atoms with Crippen molar-refractivity contribution < 1.29 is 9.59 Å². The summed E-state index contributed by atoms with van der Waals surface area (Å²) >= 11 is 9.55. The molecule has 1 aliphatic heterocycles. The Morgan fingerprint density at radius 1 is 1.03 bits per heavy atom. The van der Waals surface area contributed by atoms with Crippen LogP contribution in [0, 0.1) is 3.57 Å². The summed E-state index contributed by atoms with van der Waals surface area (Å²) in [5.74, 6) is -0.778. The molecule has 3 aromatic carbocycles. The van der Waals surface area contributed by atoms with E-state index in [1.165, 1.54) is 5.01 Å². The molecular weight excluding hydrogens is 611 g/mol. The van der Waals surface area contributed by atoms with Crippen molar-refractivity contribution in [2.24, 2.45) is 0 Å². The number of carbonyl (C=O) groups is 2. The number of β-lactam (4-membered cyclic amide) rings is 1. The molecule has 2 atom stereocenters. The molecule has 1 saturated heterocycles. The van der Waals surface area contributed by atoms with Crippen molar-refractivity contribution >= 4 is 68.7 Å². The number of benzene rings is 3. The highest BCUT2D eigenvalue weighted by atomic mass is 127. The van der Waals surface area contributed by atoms with Gasteiger partial charge in [0.1, 0.15) is 11.4 Å². The van der Waals surface area contributed by atoms with Crippen LogP contribution in [0.4, 0.5) is 0 Å². The van der Waals surface area contributed by atoms with Gasteiger partial charge in [0.2, 0.25) is 5.91 Å². The lowest BCUT2D eigenvalue weighted by Crippen LogP contribution is -2.63. The molecule has 5 rings (SSSR count). The fourth-order valence-electron chi connectivity index (χ4n) is 4.03. The van der Waals surface area contributed by atoms with E-state index in [2.05, 4.69) is 33.0 Å². The first kappa shape index (κ1) is 24.8. The first-order chi connectivity index (χ1) is 17.4. The summed E-state index contributed by atoms with van der Waals surface area (Å²) in [6, 6.07) is 24.0. The smallest absolute Gasteiger partial charge is 0.262 e. The molecule has 0 saturated carbocycles. The molecule has 1 aromatic heterocycles. The number of amides is 2. The van der Waals surface area contributed by atoms with Crippen LogP contribution in [0.25, 0.3) is 10.9 Å². The second-order valence-electron chi connectivity index (χ2n) is 8.22. The Morgan fingerprint density at radius 3 is 2.44 bits per heavy atom. The van der Waals surface area contributed by atoms with E-state index in [1.54, 1.807) is 10.6 Å². The Morgan fingerprint density at radius 2 is 1.72 bits per heavy atom. The number of fused-ring (bicyclic) bond motifs is 1. The monoisotopic (exact) mass is 630 g/mol. The van der Waals surface area contributed by atoms with E-state index in [1.807, 2.05) is 72.8 Å². The summed E-state index contributed by atoms with van der Waals surface area (Å²) in [6.07, 6.45) is 0. The van der Waals surface area contributed by atoms with Gasteiger partial charge in [-0.2, -0.15) is 0 Å². The maximum Gasteiger partial charge on any atom is 0.262 e. The van der Waals surface area contributed by atoms with Gasteiger partial charge in [0.05, 0.1) is 23.2 Å². The number of aromatic nitrogens is 2. The molecule has 0 spiro atoms. The topological polar surface area (TPSA) is 84.3 Å². The maximum absolute atomic E-state index is 13.4. The minimum Gasteiger partial charge on any atom is -0.283 e. The molecule has 4 aromatic rings. The predicted molar refractivity (Wildman–Crippen MR) is 149 cm³/mol. The third-order valence-corrected chi connectivity index (χ3v) is 7.88. The van der Waals surface area contributed by atoms with E-state index in [9.17, 15) is 14.4 Å². The third-order valence-electron chi connectivity index (χ3n) is 5.81. The van der Waals surface area contributed by atoms with Crippen molar-refractivity contribution in [1.82, 2.24) is 20.0 Å². The number of thioether (sulfide) groups is 1. The van der Waals surface area contributed by atoms with Gasteiger partial charge >= 0.3 is 0 Å². The lowest BCUT2D eigenvalue weighted by atomic mass is 9.95. The lowest BCUT2D eigenvalue weighted by molar-refractivity contribution is -0.155. The molecule has 1 fully saturated rings. The van der Waals surface area contributed by atoms with Gasteiger partial charge in [0.15, 0.2) is 5.16 Å². The van der Waals surface area contributed by atoms with E-state index in [-0.39, 0.29) is 23.1 Å². The molecule has 0 radical (unpaired) electrons. The summed E-state index contributed by atoms with van der Waals surface area (Å²) in [4.78, 5) is 43.3. The standard InChI is InChI=1S/C26H20ClIN4O3S/c27-22-23(17-9-5-2-6-10-17)32(25(22)35)30-21(33)15-36-26-29-20-12-11-18(28)13-19(20)24(34)31(26)14-16-7-3-1-4-8-16/h1-13,22-23H,14-15H2,(H,30,33). The molecule has 1 aliphatic rings. The number of hydrazine groups is 1. The zero-order valence-electron chi connectivity index (χ0n) is 18.8. The zero-order chi connectivity index (χ0) is 25.2. The molecule has 36 heavy (non-hydrogen) atoms. The van der Waals surface area contributed by atoms with Crippen molar-refractivity contribution in [1.29, 1.82) is 0 Å². The predicted octanol–water partition coefficient (Wildman–Crippen LogP) is 4.36. The van der Waals surface area contributed by atoms with E-state index < -0.39 is 11.4 Å². The Hall–Kier alpha value is -2.89. The fourth-order valence-corrected chi connectivity index (χ4v) is 5.68. The van der Waals surface area contributed by atoms with E-state index in [0.29, 0.717) is 22.6 Å². The second kappa shape index (κ2) is 10.6. The first-order valence-electron chi connectivity index (χ1n) is 11.1. The second-order valence-corrected chi connectivity index (χ2v) is 10.9. The van der Waals surface area contributed by atoms with Gasteiger partial charge in [0.25, 0.3) is 11.5 Å². The number of hydrogen-bond donors (Lipinski definition) is 1. The highest BCUT2D eigenvalue weighted by Crippen LogP contribution is 2.36. The van der Waals surface area contributed by atoms with Crippen LogP contribution in [0.1, 0.15) is 17.2 Å². The van der Waals surface area contributed by atoms with Crippen molar-refractivity contribution in [3.05, 3.63) is 104 Å². The van der Waals surface area contributed by atoms with Crippen LogP contribution in [0.3, 0.4) is 0 Å². The highest BCUT2D eigenvalue weighted by molar-refractivity contribution is 14.1. The summed E-state index contributed by atoms with van der Waals surface area (Å²) < 4.78 is 2.53. The van der Waals surface area contributed by atoms with E-state index in [0.717, 1.165) is 26.5 Å².